The molecule has 37 heavy (non-hydrogen) atoms. The van der Waals surface area contributed by atoms with E-state index in [1.165, 1.54) is 43.0 Å². The Labute approximate surface area is 226 Å². The second-order valence-electron chi connectivity index (χ2n) is 9.38. The highest BCUT2D eigenvalue weighted by Crippen LogP contribution is 2.32. The highest BCUT2D eigenvalue weighted by molar-refractivity contribution is 7.92. The van der Waals surface area contributed by atoms with Crippen molar-refractivity contribution >= 4 is 56.0 Å². The molecular formula is C25H32ClFN4O4S2. The first-order valence-electron chi connectivity index (χ1n) is 11.7. The predicted molar refractivity (Wildman–Crippen MR) is 147 cm³/mol. The lowest BCUT2D eigenvalue weighted by Crippen LogP contribution is -2.45. The quantitative estimate of drug-likeness (QED) is 0.431. The summed E-state index contributed by atoms with van der Waals surface area (Å²) in [5, 5.41) is 1.17. The van der Waals surface area contributed by atoms with Gasteiger partial charge in [-0.05, 0) is 76.3 Å². The molecule has 3 rings (SSSR count). The zero-order chi connectivity index (χ0) is 27.5. The number of benzene rings is 1. The molecule has 202 valence electrons. The van der Waals surface area contributed by atoms with Crippen LogP contribution in [0, 0.1) is 5.82 Å². The van der Waals surface area contributed by atoms with Crippen LogP contribution in [0.15, 0.2) is 35.7 Å². The maximum atomic E-state index is 15.0. The number of anilines is 1. The second kappa shape index (κ2) is 12.0. The largest absolute Gasteiger partial charge is 0.345 e. The van der Waals surface area contributed by atoms with Gasteiger partial charge in [-0.1, -0.05) is 11.6 Å². The van der Waals surface area contributed by atoms with Gasteiger partial charge >= 0.3 is 0 Å². The van der Waals surface area contributed by atoms with Gasteiger partial charge in [0.1, 0.15) is 11.9 Å². The van der Waals surface area contributed by atoms with Crippen LogP contribution in [0.4, 0.5) is 10.1 Å². The van der Waals surface area contributed by atoms with Crippen LogP contribution in [0.3, 0.4) is 0 Å². The average Bonchev–Trinajstić information content (AvgIpc) is 3.41. The summed E-state index contributed by atoms with van der Waals surface area (Å²) in [6, 6.07) is 6.44. The minimum Gasteiger partial charge on any atom is -0.345 e. The van der Waals surface area contributed by atoms with Crippen LogP contribution in [-0.2, 0) is 14.8 Å². The summed E-state index contributed by atoms with van der Waals surface area (Å²) in [7, 11) is 2.92. The second-order valence-corrected chi connectivity index (χ2v) is 12.8. The Balaban J connectivity index is 1.90. The fourth-order valence-electron chi connectivity index (χ4n) is 4.17. The Kier molecular flexibility index (Phi) is 9.52. The van der Waals surface area contributed by atoms with Crippen LogP contribution in [-0.4, -0.2) is 88.2 Å². The fraction of sp³-hybridized carbons (Fsp3) is 0.440. The van der Waals surface area contributed by atoms with Gasteiger partial charge in [0.2, 0.25) is 15.9 Å². The van der Waals surface area contributed by atoms with E-state index in [-0.39, 0.29) is 36.7 Å². The van der Waals surface area contributed by atoms with Gasteiger partial charge in [0.05, 0.1) is 15.4 Å². The summed E-state index contributed by atoms with van der Waals surface area (Å²) >= 11 is 7.28. The van der Waals surface area contributed by atoms with Crippen LogP contribution in [0.25, 0.3) is 5.57 Å². The molecule has 2 heterocycles. The molecule has 0 bridgehead atoms. The van der Waals surface area contributed by atoms with Crippen LogP contribution in [0.2, 0.25) is 4.34 Å². The molecule has 0 N–H and O–H groups in total. The molecule has 1 aliphatic heterocycles. The van der Waals surface area contributed by atoms with Crippen molar-refractivity contribution in [2.45, 2.75) is 25.8 Å². The molecule has 2 amide bonds. The molecule has 1 aliphatic rings. The summed E-state index contributed by atoms with van der Waals surface area (Å²) in [6.07, 6.45) is 0.735. The SMILES string of the molecule is C/C(=C/S(=O)(=O)N(CCCN(C)C)[C@H]1CCN(c2ccc(C(=O)N(C)C)cc2F)C1=O)c1ccc(Cl)s1. The number of carbonyl (C=O) groups excluding carboxylic acids is 2. The highest BCUT2D eigenvalue weighted by Gasteiger charge is 2.42. The lowest BCUT2D eigenvalue weighted by atomic mass is 10.1. The van der Waals surface area contributed by atoms with Crippen molar-refractivity contribution in [3.05, 3.63) is 56.3 Å². The summed E-state index contributed by atoms with van der Waals surface area (Å²) in [4.78, 5) is 30.9. The van der Waals surface area contributed by atoms with Gasteiger partial charge in [0.15, 0.2) is 0 Å². The van der Waals surface area contributed by atoms with Crippen molar-refractivity contribution < 1.29 is 22.4 Å². The third-order valence-electron chi connectivity index (χ3n) is 6.01. The first kappa shape index (κ1) is 29.2. The molecule has 1 aromatic heterocycles. The molecule has 0 radical (unpaired) electrons. The Morgan fingerprint density at radius 1 is 1.19 bits per heavy atom. The average molecular weight is 571 g/mol. The number of allylic oxidation sites excluding steroid dienone is 1. The molecule has 1 aromatic carbocycles. The standard InChI is InChI=1S/C25H32ClFN4O4S2/c1-17(22-9-10-23(26)36-22)16-37(34,35)31(13-6-12-28(2)3)21-11-14-30(25(21)33)20-8-7-18(15-19(20)27)24(32)29(4)5/h7-10,15-16,21H,6,11-14H2,1-5H3/b17-16-/t21-/m0/s1. The van der Waals surface area contributed by atoms with Crippen molar-refractivity contribution in [2.75, 3.05) is 52.7 Å². The third-order valence-corrected chi connectivity index (χ3v) is 9.12. The third kappa shape index (κ3) is 6.97. The predicted octanol–water partition coefficient (Wildman–Crippen LogP) is 3.99. The number of thiophene rings is 1. The maximum Gasteiger partial charge on any atom is 0.253 e. The van der Waals surface area contributed by atoms with E-state index in [0.29, 0.717) is 22.9 Å². The van der Waals surface area contributed by atoms with E-state index in [1.54, 1.807) is 33.2 Å². The molecular weight excluding hydrogens is 539 g/mol. The zero-order valence-corrected chi connectivity index (χ0v) is 24.0. The lowest BCUT2D eigenvalue weighted by molar-refractivity contribution is -0.120. The van der Waals surface area contributed by atoms with Crippen molar-refractivity contribution in [2.24, 2.45) is 0 Å². The van der Waals surface area contributed by atoms with Gasteiger partial charge in [-0.15, -0.1) is 11.3 Å². The minimum atomic E-state index is -3.99. The summed E-state index contributed by atoms with van der Waals surface area (Å²) in [6.45, 7) is 2.62. The van der Waals surface area contributed by atoms with Gasteiger partial charge in [-0.2, -0.15) is 4.31 Å². The number of carbonyl (C=O) groups is 2. The molecule has 1 atom stereocenters. The zero-order valence-electron chi connectivity index (χ0n) is 21.6. The van der Waals surface area contributed by atoms with Crippen LogP contribution in [0.1, 0.15) is 35.0 Å². The summed E-state index contributed by atoms with van der Waals surface area (Å²) in [5.41, 5.74) is 0.703. The number of sulfonamides is 1. The molecule has 2 aromatic rings. The topological polar surface area (TPSA) is 81.2 Å². The fourth-order valence-corrected chi connectivity index (χ4v) is 6.90. The van der Waals surface area contributed by atoms with E-state index in [1.807, 2.05) is 19.0 Å². The molecule has 0 saturated carbocycles. The van der Waals surface area contributed by atoms with Crippen molar-refractivity contribution in [1.29, 1.82) is 0 Å². The smallest absolute Gasteiger partial charge is 0.253 e. The summed E-state index contributed by atoms with van der Waals surface area (Å²) in [5.74, 6) is -1.57. The highest BCUT2D eigenvalue weighted by atomic mass is 35.5. The monoisotopic (exact) mass is 570 g/mol. The molecule has 0 unspecified atom stereocenters. The van der Waals surface area contributed by atoms with E-state index in [0.717, 1.165) is 10.9 Å². The van der Waals surface area contributed by atoms with Crippen molar-refractivity contribution in [1.82, 2.24) is 14.1 Å². The van der Waals surface area contributed by atoms with Gasteiger partial charge in [0.25, 0.3) is 5.91 Å². The number of hydrogen-bond donors (Lipinski definition) is 0. The number of halogens is 2. The lowest BCUT2D eigenvalue weighted by Gasteiger charge is -2.27. The molecule has 1 fully saturated rings. The number of rotatable bonds is 10. The van der Waals surface area contributed by atoms with Crippen molar-refractivity contribution in [3.8, 4) is 0 Å². The Morgan fingerprint density at radius 3 is 2.46 bits per heavy atom. The molecule has 8 nitrogen and oxygen atoms in total. The Hall–Kier alpha value is -2.31. The van der Waals surface area contributed by atoms with E-state index >= 15 is 0 Å². The molecule has 1 saturated heterocycles. The van der Waals surface area contributed by atoms with Crippen LogP contribution in [0.5, 0.6) is 0 Å². The van der Waals surface area contributed by atoms with Gasteiger partial charge < -0.3 is 14.7 Å². The van der Waals surface area contributed by atoms with Crippen molar-refractivity contribution in [3.63, 3.8) is 0 Å². The number of amides is 2. The number of nitrogens with zero attached hydrogens (tertiary/aromatic N) is 4. The van der Waals surface area contributed by atoms with Gasteiger partial charge in [-0.3, -0.25) is 9.59 Å². The van der Waals surface area contributed by atoms with Gasteiger partial charge in [-0.25, -0.2) is 12.8 Å². The Morgan fingerprint density at radius 2 is 1.89 bits per heavy atom. The van der Waals surface area contributed by atoms with E-state index in [2.05, 4.69) is 0 Å². The molecule has 0 aliphatic carbocycles. The first-order valence-corrected chi connectivity index (χ1v) is 14.4. The van der Waals surface area contributed by atoms with E-state index in [9.17, 15) is 22.4 Å². The normalized spacial score (nSPS) is 16.8. The van der Waals surface area contributed by atoms with E-state index < -0.39 is 27.8 Å². The first-order chi connectivity index (χ1) is 17.3. The van der Waals surface area contributed by atoms with E-state index in [4.69, 9.17) is 11.6 Å². The van der Waals surface area contributed by atoms with Crippen LogP contribution < -0.4 is 4.90 Å². The van der Waals surface area contributed by atoms with Crippen LogP contribution >= 0.6 is 22.9 Å². The number of hydrogen-bond acceptors (Lipinski definition) is 6. The maximum absolute atomic E-state index is 15.0. The molecule has 12 heteroatoms. The Bertz CT molecular complexity index is 1290. The minimum absolute atomic E-state index is 0.0217. The van der Waals surface area contributed by atoms with Gasteiger partial charge in [0, 0.05) is 37.6 Å². The molecule has 0 spiro atoms. The summed E-state index contributed by atoms with van der Waals surface area (Å²) < 4.78 is 43.8.